The van der Waals surface area contributed by atoms with E-state index in [1.165, 1.54) is 11.3 Å². The van der Waals surface area contributed by atoms with Gasteiger partial charge in [0.2, 0.25) is 0 Å². The highest BCUT2D eigenvalue weighted by Gasteiger charge is 2.14. The van der Waals surface area contributed by atoms with Crippen molar-refractivity contribution < 1.29 is 4.79 Å². The van der Waals surface area contributed by atoms with E-state index in [0.29, 0.717) is 12.2 Å². The number of rotatable bonds is 3. The lowest BCUT2D eigenvalue weighted by Crippen LogP contribution is -2.38. The highest BCUT2D eigenvalue weighted by atomic mass is 32.1. The van der Waals surface area contributed by atoms with E-state index in [1.807, 2.05) is 20.8 Å². The fourth-order valence-corrected chi connectivity index (χ4v) is 1.91. The molecule has 1 aromatic rings. The number of hydrogen-bond acceptors (Lipinski definition) is 4. The SMILES string of the molecule is Cc1nc(C(=O)NC(C)CN)c(C)s1. The Labute approximate surface area is 87.5 Å². The standard InChI is InChI=1S/C9H15N3OS/c1-5(4-10)11-9(13)8-6(2)14-7(3)12-8/h5H,4,10H2,1-3H3,(H,11,13). The number of aromatic nitrogens is 1. The Balaban J connectivity index is 2.74. The van der Waals surface area contributed by atoms with E-state index in [0.717, 1.165) is 9.88 Å². The molecule has 1 unspecified atom stereocenters. The molecule has 0 aliphatic heterocycles. The smallest absolute Gasteiger partial charge is 0.271 e. The molecule has 4 nitrogen and oxygen atoms in total. The molecular weight excluding hydrogens is 198 g/mol. The lowest BCUT2D eigenvalue weighted by molar-refractivity contribution is 0.0936. The molecule has 0 aromatic carbocycles. The van der Waals surface area contributed by atoms with Gasteiger partial charge in [-0.3, -0.25) is 4.79 Å². The average molecular weight is 213 g/mol. The Morgan fingerprint density at radius 2 is 2.29 bits per heavy atom. The van der Waals surface area contributed by atoms with Gasteiger partial charge in [-0.2, -0.15) is 0 Å². The lowest BCUT2D eigenvalue weighted by atomic mass is 10.3. The monoisotopic (exact) mass is 213 g/mol. The van der Waals surface area contributed by atoms with E-state index in [4.69, 9.17) is 5.73 Å². The molecular formula is C9H15N3OS. The van der Waals surface area contributed by atoms with Crippen LogP contribution in [0.3, 0.4) is 0 Å². The van der Waals surface area contributed by atoms with E-state index in [9.17, 15) is 4.79 Å². The number of nitrogens with two attached hydrogens (primary N) is 1. The average Bonchev–Trinajstić information content (AvgIpc) is 2.45. The third-order valence-electron chi connectivity index (χ3n) is 1.85. The van der Waals surface area contributed by atoms with Crippen LogP contribution >= 0.6 is 11.3 Å². The maximum Gasteiger partial charge on any atom is 0.271 e. The Kier molecular flexibility index (Phi) is 3.60. The summed E-state index contributed by atoms with van der Waals surface area (Å²) in [7, 11) is 0. The van der Waals surface area contributed by atoms with Crippen molar-refractivity contribution in [3.8, 4) is 0 Å². The molecule has 1 rings (SSSR count). The summed E-state index contributed by atoms with van der Waals surface area (Å²) >= 11 is 1.53. The summed E-state index contributed by atoms with van der Waals surface area (Å²) in [4.78, 5) is 16.7. The van der Waals surface area contributed by atoms with Crippen LogP contribution in [0.2, 0.25) is 0 Å². The quantitative estimate of drug-likeness (QED) is 0.781. The predicted molar refractivity (Wildman–Crippen MR) is 57.6 cm³/mol. The molecule has 78 valence electrons. The number of nitrogens with one attached hydrogen (secondary N) is 1. The van der Waals surface area contributed by atoms with Gasteiger partial charge in [-0.15, -0.1) is 11.3 Å². The van der Waals surface area contributed by atoms with Crippen molar-refractivity contribution in [1.29, 1.82) is 0 Å². The maximum atomic E-state index is 11.6. The van der Waals surface area contributed by atoms with E-state index < -0.39 is 0 Å². The number of carbonyl (C=O) groups excluding carboxylic acids is 1. The summed E-state index contributed by atoms with van der Waals surface area (Å²) in [5.41, 5.74) is 5.93. The third-order valence-corrected chi connectivity index (χ3v) is 2.74. The summed E-state index contributed by atoms with van der Waals surface area (Å²) in [6, 6.07) is -0.0103. The molecule has 1 aromatic heterocycles. The van der Waals surface area contributed by atoms with Crippen LogP contribution in [0.25, 0.3) is 0 Å². The molecule has 0 bridgehead atoms. The van der Waals surface area contributed by atoms with E-state index in [-0.39, 0.29) is 11.9 Å². The fraction of sp³-hybridized carbons (Fsp3) is 0.556. The highest BCUT2D eigenvalue weighted by Crippen LogP contribution is 2.16. The first-order valence-electron chi connectivity index (χ1n) is 4.49. The van der Waals surface area contributed by atoms with Crippen LogP contribution in [0.1, 0.15) is 27.3 Å². The summed E-state index contributed by atoms with van der Waals surface area (Å²) in [5.74, 6) is -0.134. The van der Waals surface area contributed by atoms with Gasteiger partial charge in [0.05, 0.1) is 5.01 Å². The predicted octanol–water partition coefficient (Wildman–Crippen LogP) is 0.837. The summed E-state index contributed by atoms with van der Waals surface area (Å²) in [5, 5.41) is 3.69. The Morgan fingerprint density at radius 1 is 1.64 bits per heavy atom. The van der Waals surface area contributed by atoms with Crippen molar-refractivity contribution in [2.24, 2.45) is 5.73 Å². The van der Waals surface area contributed by atoms with Gasteiger partial charge in [0.25, 0.3) is 5.91 Å². The van der Waals surface area contributed by atoms with Crippen molar-refractivity contribution in [3.05, 3.63) is 15.6 Å². The van der Waals surface area contributed by atoms with Crippen molar-refractivity contribution in [3.63, 3.8) is 0 Å². The topological polar surface area (TPSA) is 68.0 Å². The Morgan fingerprint density at radius 3 is 2.71 bits per heavy atom. The molecule has 0 aliphatic rings. The molecule has 1 atom stereocenters. The van der Waals surface area contributed by atoms with Gasteiger partial charge < -0.3 is 11.1 Å². The fourth-order valence-electron chi connectivity index (χ4n) is 1.09. The first-order valence-corrected chi connectivity index (χ1v) is 5.31. The molecule has 0 radical (unpaired) electrons. The Bertz CT molecular complexity index is 335. The van der Waals surface area contributed by atoms with Crippen LogP contribution in [0.15, 0.2) is 0 Å². The van der Waals surface area contributed by atoms with Gasteiger partial charge >= 0.3 is 0 Å². The van der Waals surface area contributed by atoms with Crippen LogP contribution in [0.5, 0.6) is 0 Å². The van der Waals surface area contributed by atoms with Gasteiger partial charge in [0.15, 0.2) is 0 Å². The van der Waals surface area contributed by atoms with Gasteiger partial charge in [-0.05, 0) is 20.8 Å². The van der Waals surface area contributed by atoms with E-state index in [1.54, 1.807) is 0 Å². The van der Waals surface area contributed by atoms with Crippen LogP contribution < -0.4 is 11.1 Å². The molecule has 0 spiro atoms. The number of nitrogens with zero attached hydrogens (tertiary/aromatic N) is 1. The zero-order valence-corrected chi connectivity index (χ0v) is 9.44. The Hall–Kier alpha value is -0.940. The molecule has 0 saturated heterocycles. The van der Waals surface area contributed by atoms with Crippen LogP contribution in [-0.2, 0) is 0 Å². The largest absolute Gasteiger partial charge is 0.347 e. The first-order chi connectivity index (χ1) is 6.54. The van der Waals surface area contributed by atoms with Gasteiger partial charge in [0.1, 0.15) is 5.69 Å². The van der Waals surface area contributed by atoms with Gasteiger partial charge in [-0.1, -0.05) is 0 Å². The second kappa shape index (κ2) is 4.52. The maximum absolute atomic E-state index is 11.6. The van der Waals surface area contributed by atoms with Gasteiger partial charge in [-0.25, -0.2) is 4.98 Å². The van der Waals surface area contributed by atoms with Crippen LogP contribution in [0, 0.1) is 13.8 Å². The zero-order chi connectivity index (χ0) is 10.7. The minimum atomic E-state index is -0.134. The van der Waals surface area contributed by atoms with E-state index in [2.05, 4.69) is 10.3 Å². The number of carbonyl (C=O) groups is 1. The van der Waals surface area contributed by atoms with Crippen molar-refractivity contribution in [2.45, 2.75) is 26.8 Å². The second-order valence-corrected chi connectivity index (χ2v) is 4.66. The summed E-state index contributed by atoms with van der Waals surface area (Å²) < 4.78 is 0. The van der Waals surface area contributed by atoms with Crippen molar-refractivity contribution in [2.75, 3.05) is 6.54 Å². The molecule has 0 fully saturated rings. The van der Waals surface area contributed by atoms with Crippen LogP contribution in [0.4, 0.5) is 0 Å². The second-order valence-electron chi connectivity index (χ2n) is 3.25. The minimum absolute atomic E-state index is 0.0103. The summed E-state index contributed by atoms with van der Waals surface area (Å²) in [6.45, 7) is 6.09. The van der Waals surface area contributed by atoms with Gasteiger partial charge in [0, 0.05) is 17.5 Å². The first kappa shape index (κ1) is 11.1. The van der Waals surface area contributed by atoms with Crippen LogP contribution in [-0.4, -0.2) is 23.5 Å². The molecule has 5 heteroatoms. The molecule has 3 N–H and O–H groups in total. The molecule has 14 heavy (non-hydrogen) atoms. The molecule has 0 aliphatic carbocycles. The third kappa shape index (κ3) is 2.52. The lowest BCUT2D eigenvalue weighted by Gasteiger charge is -2.09. The molecule has 0 saturated carbocycles. The normalized spacial score (nSPS) is 12.6. The number of hydrogen-bond donors (Lipinski definition) is 2. The molecule has 1 amide bonds. The number of thiazole rings is 1. The highest BCUT2D eigenvalue weighted by molar-refractivity contribution is 7.11. The zero-order valence-electron chi connectivity index (χ0n) is 8.63. The minimum Gasteiger partial charge on any atom is -0.347 e. The van der Waals surface area contributed by atoms with Crippen molar-refractivity contribution >= 4 is 17.2 Å². The summed E-state index contributed by atoms with van der Waals surface area (Å²) in [6.07, 6.45) is 0. The van der Waals surface area contributed by atoms with Crippen molar-refractivity contribution in [1.82, 2.24) is 10.3 Å². The molecule has 1 heterocycles. The number of aryl methyl sites for hydroxylation is 2. The van der Waals surface area contributed by atoms with E-state index >= 15 is 0 Å². The number of amides is 1.